The summed E-state index contributed by atoms with van der Waals surface area (Å²) in [5.74, 6) is 0.215. The number of halogens is 2. The van der Waals surface area contributed by atoms with Crippen LogP contribution in [0.2, 0.25) is 0 Å². The van der Waals surface area contributed by atoms with Gasteiger partial charge >= 0.3 is 0 Å². The van der Waals surface area contributed by atoms with Gasteiger partial charge in [-0.05, 0) is 80.4 Å². The fourth-order valence-corrected chi connectivity index (χ4v) is 4.65. The van der Waals surface area contributed by atoms with Gasteiger partial charge in [0.1, 0.15) is 0 Å². The molecule has 0 spiro atoms. The van der Waals surface area contributed by atoms with Crippen LogP contribution in [0, 0.1) is 0 Å². The first kappa shape index (κ1) is 30.0. The molecule has 1 amide bonds. The monoisotopic (exact) mass is 511 g/mol. The molecule has 1 aliphatic rings. The van der Waals surface area contributed by atoms with E-state index >= 15 is 0 Å². The maximum absolute atomic E-state index is 11.1. The SMILES string of the molecule is CC(=O)Nc1ccc(CCNCCCCCCC2c3ccc(O)c(O)c3CCC2N)cc1.Cl.Cl. The third-order valence-electron chi connectivity index (χ3n) is 6.43. The molecule has 0 heterocycles. The molecule has 2 atom stereocenters. The zero-order valence-corrected chi connectivity index (χ0v) is 21.5. The van der Waals surface area contributed by atoms with E-state index in [9.17, 15) is 15.0 Å². The number of phenols is 2. The number of amides is 1. The highest BCUT2D eigenvalue weighted by atomic mass is 35.5. The van der Waals surface area contributed by atoms with E-state index < -0.39 is 0 Å². The Labute approximate surface area is 215 Å². The van der Waals surface area contributed by atoms with Crippen LogP contribution in [0.15, 0.2) is 36.4 Å². The Morgan fingerprint density at radius 2 is 1.71 bits per heavy atom. The maximum Gasteiger partial charge on any atom is 0.221 e. The molecule has 8 heteroatoms. The average molecular weight is 513 g/mol. The number of anilines is 1. The number of fused-ring (bicyclic) bond motifs is 1. The van der Waals surface area contributed by atoms with Crippen molar-refractivity contribution in [2.45, 2.75) is 70.3 Å². The third-order valence-corrected chi connectivity index (χ3v) is 6.43. The zero-order chi connectivity index (χ0) is 22.9. The number of hydrogen-bond donors (Lipinski definition) is 5. The van der Waals surface area contributed by atoms with Gasteiger partial charge in [0.15, 0.2) is 11.5 Å². The summed E-state index contributed by atoms with van der Waals surface area (Å²) in [7, 11) is 0. The van der Waals surface area contributed by atoms with Crippen molar-refractivity contribution >= 4 is 36.4 Å². The van der Waals surface area contributed by atoms with E-state index in [0.29, 0.717) is 0 Å². The lowest BCUT2D eigenvalue weighted by molar-refractivity contribution is -0.114. The van der Waals surface area contributed by atoms with Gasteiger partial charge < -0.3 is 26.6 Å². The lowest BCUT2D eigenvalue weighted by Crippen LogP contribution is -2.33. The van der Waals surface area contributed by atoms with E-state index in [0.717, 1.165) is 68.4 Å². The summed E-state index contributed by atoms with van der Waals surface area (Å²) in [6.07, 6.45) is 8.24. The van der Waals surface area contributed by atoms with Gasteiger partial charge in [-0.3, -0.25) is 4.79 Å². The molecule has 0 aromatic heterocycles. The standard InChI is InChI=1S/C26H37N3O3.2ClH/c1-18(30)29-20-9-7-19(8-10-20)15-17-28-16-5-3-2-4-6-22-21-12-14-25(31)26(32)23(21)11-13-24(22)27;;/h7-10,12,14,22,24,28,31-32H,2-6,11,13,15-17,27H2,1H3,(H,29,30);2*1H. The average Bonchev–Trinajstić information content (AvgIpc) is 2.77. The van der Waals surface area contributed by atoms with Gasteiger partial charge in [-0.2, -0.15) is 0 Å². The topological polar surface area (TPSA) is 108 Å². The van der Waals surface area contributed by atoms with Gasteiger partial charge in [0.05, 0.1) is 0 Å². The van der Waals surface area contributed by atoms with Crippen LogP contribution in [0.25, 0.3) is 0 Å². The van der Waals surface area contributed by atoms with Crippen LogP contribution in [0.3, 0.4) is 0 Å². The van der Waals surface area contributed by atoms with Gasteiger partial charge in [-0.1, -0.05) is 37.5 Å². The first-order valence-corrected chi connectivity index (χ1v) is 11.8. The smallest absolute Gasteiger partial charge is 0.221 e. The number of unbranched alkanes of at least 4 members (excludes halogenated alkanes) is 3. The van der Waals surface area contributed by atoms with Crippen molar-refractivity contribution in [3.8, 4) is 11.5 Å². The van der Waals surface area contributed by atoms with Crippen molar-refractivity contribution < 1.29 is 15.0 Å². The molecule has 0 aliphatic heterocycles. The molecule has 3 rings (SSSR count). The van der Waals surface area contributed by atoms with Crippen molar-refractivity contribution in [2.75, 3.05) is 18.4 Å². The molecule has 0 radical (unpaired) electrons. The second-order valence-electron chi connectivity index (χ2n) is 8.89. The summed E-state index contributed by atoms with van der Waals surface area (Å²) in [6.45, 7) is 3.48. The molecule has 6 nitrogen and oxygen atoms in total. The lowest BCUT2D eigenvalue weighted by atomic mass is 9.76. The summed E-state index contributed by atoms with van der Waals surface area (Å²) in [4.78, 5) is 11.1. The molecule has 2 aromatic rings. The van der Waals surface area contributed by atoms with Crippen LogP contribution in [0.1, 0.15) is 68.1 Å². The predicted octanol–water partition coefficient (Wildman–Crippen LogP) is 5.04. The number of rotatable bonds is 11. The molecule has 1 aliphatic carbocycles. The number of phenolic OH excluding ortho intramolecular Hbond substituents is 2. The highest BCUT2D eigenvalue weighted by Gasteiger charge is 2.29. The Balaban J connectivity index is 0.00000289. The van der Waals surface area contributed by atoms with Crippen molar-refractivity contribution in [1.29, 1.82) is 0 Å². The van der Waals surface area contributed by atoms with Crippen molar-refractivity contribution in [2.24, 2.45) is 5.73 Å². The lowest BCUT2D eigenvalue weighted by Gasteiger charge is -2.32. The molecule has 0 saturated carbocycles. The van der Waals surface area contributed by atoms with E-state index in [2.05, 4.69) is 22.8 Å². The van der Waals surface area contributed by atoms with Gasteiger partial charge in [-0.25, -0.2) is 0 Å². The number of carbonyl (C=O) groups is 1. The predicted molar refractivity (Wildman–Crippen MR) is 144 cm³/mol. The summed E-state index contributed by atoms with van der Waals surface area (Å²) in [6, 6.07) is 11.6. The Kier molecular flexibility index (Phi) is 13.3. The van der Waals surface area contributed by atoms with Crippen LogP contribution in [0.4, 0.5) is 5.69 Å². The summed E-state index contributed by atoms with van der Waals surface area (Å²) < 4.78 is 0. The summed E-state index contributed by atoms with van der Waals surface area (Å²) in [5.41, 5.74) is 10.5. The molecule has 0 bridgehead atoms. The van der Waals surface area contributed by atoms with E-state index in [-0.39, 0.29) is 54.2 Å². The second-order valence-corrected chi connectivity index (χ2v) is 8.89. The molecule has 6 N–H and O–H groups in total. The van der Waals surface area contributed by atoms with Crippen LogP contribution in [0.5, 0.6) is 11.5 Å². The Hall–Kier alpha value is -1.99. The Morgan fingerprint density at radius 1 is 1.00 bits per heavy atom. The number of benzene rings is 2. The fraction of sp³-hybridized carbons (Fsp3) is 0.500. The minimum atomic E-state index is -0.0506. The van der Waals surface area contributed by atoms with Gasteiger partial charge in [0.25, 0.3) is 0 Å². The molecule has 0 saturated heterocycles. The minimum Gasteiger partial charge on any atom is -0.504 e. The van der Waals surface area contributed by atoms with Crippen molar-refractivity contribution in [3.63, 3.8) is 0 Å². The van der Waals surface area contributed by atoms with Gasteiger partial charge in [0.2, 0.25) is 5.91 Å². The number of nitrogens with one attached hydrogen (secondary N) is 2. The van der Waals surface area contributed by atoms with Crippen molar-refractivity contribution in [1.82, 2.24) is 5.32 Å². The molecule has 0 fully saturated rings. The molecular weight excluding hydrogens is 473 g/mol. The highest BCUT2D eigenvalue weighted by Crippen LogP contribution is 2.42. The second kappa shape index (κ2) is 15.1. The Bertz CT molecular complexity index is 894. The number of hydrogen-bond acceptors (Lipinski definition) is 5. The van der Waals surface area contributed by atoms with Gasteiger partial charge in [0, 0.05) is 24.2 Å². The minimum absolute atomic E-state index is 0. The molecular formula is C26H39Cl2N3O3. The first-order valence-electron chi connectivity index (χ1n) is 11.8. The first-order chi connectivity index (χ1) is 15.5. The van der Waals surface area contributed by atoms with Gasteiger partial charge in [-0.15, -0.1) is 24.8 Å². The zero-order valence-electron chi connectivity index (χ0n) is 19.9. The summed E-state index contributed by atoms with van der Waals surface area (Å²) in [5, 5.41) is 26.2. The molecule has 2 aromatic carbocycles. The normalized spacial score (nSPS) is 16.6. The summed E-state index contributed by atoms with van der Waals surface area (Å²) >= 11 is 0. The number of nitrogens with two attached hydrogens (primary N) is 1. The largest absolute Gasteiger partial charge is 0.504 e. The quantitative estimate of drug-likeness (QED) is 0.214. The van der Waals surface area contributed by atoms with E-state index in [1.807, 2.05) is 18.2 Å². The molecule has 2 unspecified atom stereocenters. The fourth-order valence-electron chi connectivity index (χ4n) is 4.65. The number of carbonyl (C=O) groups excluding carboxylic acids is 1. The van der Waals surface area contributed by atoms with E-state index in [1.54, 1.807) is 6.07 Å². The van der Waals surface area contributed by atoms with E-state index in [4.69, 9.17) is 5.73 Å². The molecule has 190 valence electrons. The third kappa shape index (κ3) is 8.66. The van der Waals surface area contributed by atoms with Crippen LogP contribution in [-0.2, 0) is 17.6 Å². The highest BCUT2D eigenvalue weighted by molar-refractivity contribution is 5.88. The Morgan fingerprint density at radius 3 is 2.41 bits per heavy atom. The van der Waals surface area contributed by atoms with Crippen LogP contribution >= 0.6 is 24.8 Å². The van der Waals surface area contributed by atoms with Crippen LogP contribution in [-0.4, -0.2) is 35.3 Å². The van der Waals surface area contributed by atoms with Crippen LogP contribution < -0.4 is 16.4 Å². The van der Waals surface area contributed by atoms with Crippen molar-refractivity contribution in [3.05, 3.63) is 53.1 Å². The molecule has 34 heavy (non-hydrogen) atoms. The van der Waals surface area contributed by atoms with E-state index in [1.165, 1.54) is 25.3 Å². The number of aromatic hydroxyl groups is 2. The maximum atomic E-state index is 11.1.